The van der Waals surface area contributed by atoms with E-state index in [2.05, 4.69) is 5.32 Å². The van der Waals surface area contributed by atoms with Crippen LogP contribution in [0.2, 0.25) is 0 Å². The molecule has 1 rings (SSSR count). The third-order valence-electron chi connectivity index (χ3n) is 1.65. The second-order valence-electron chi connectivity index (χ2n) is 2.84. The Labute approximate surface area is 78.3 Å². The molecular weight excluding hydrogens is 178 g/mol. The molecule has 0 unspecified atom stereocenters. The van der Waals surface area contributed by atoms with E-state index < -0.39 is 5.97 Å². The second kappa shape index (κ2) is 6.03. The summed E-state index contributed by atoms with van der Waals surface area (Å²) >= 11 is 0. The minimum absolute atomic E-state index is 0. The Balaban J connectivity index is 0.00000121. The average molecular weight is 192 g/mol. The molecule has 0 aliphatic heterocycles. The Hall–Kier alpha value is -0.540. The molecular formula is C8H14ClNO2. The fraction of sp³-hybridized carbons (Fsp3) is 0.625. The van der Waals surface area contributed by atoms with Crippen LogP contribution in [-0.2, 0) is 4.79 Å². The highest BCUT2D eigenvalue weighted by Crippen LogP contribution is 2.27. The molecule has 0 heterocycles. The third kappa shape index (κ3) is 6.19. The quantitative estimate of drug-likeness (QED) is 0.505. The van der Waals surface area contributed by atoms with Gasteiger partial charge in [-0.2, -0.15) is 0 Å². The zero-order chi connectivity index (χ0) is 8.10. The highest BCUT2D eigenvalue weighted by molar-refractivity contribution is 5.85. The molecule has 0 atom stereocenters. The average Bonchev–Trinajstić information content (AvgIpc) is 2.70. The molecule has 0 aromatic carbocycles. The van der Waals surface area contributed by atoms with Gasteiger partial charge in [0.15, 0.2) is 0 Å². The lowest BCUT2D eigenvalue weighted by Crippen LogP contribution is -2.16. The first-order valence-corrected chi connectivity index (χ1v) is 3.89. The van der Waals surface area contributed by atoms with Gasteiger partial charge in [0, 0.05) is 12.6 Å². The summed E-state index contributed by atoms with van der Waals surface area (Å²) in [6, 6.07) is 0. The molecule has 0 spiro atoms. The number of aliphatic carboxylic acids is 1. The summed E-state index contributed by atoms with van der Waals surface area (Å²) in [6.07, 6.45) is 5.45. The highest BCUT2D eigenvalue weighted by atomic mass is 35.5. The fourth-order valence-corrected chi connectivity index (χ4v) is 0.853. The van der Waals surface area contributed by atoms with Gasteiger partial charge in [-0.1, -0.05) is 6.08 Å². The number of carbonyl (C=O) groups is 1. The van der Waals surface area contributed by atoms with Crippen LogP contribution in [0.15, 0.2) is 12.2 Å². The van der Waals surface area contributed by atoms with Gasteiger partial charge in [0.05, 0.1) is 0 Å². The van der Waals surface area contributed by atoms with Crippen LogP contribution in [0.3, 0.4) is 0 Å². The normalized spacial score (nSPS) is 16.0. The van der Waals surface area contributed by atoms with Crippen molar-refractivity contribution in [1.82, 2.24) is 5.32 Å². The van der Waals surface area contributed by atoms with Crippen molar-refractivity contribution in [1.29, 1.82) is 0 Å². The summed E-state index contributed by atoms with van der Waals surface area (Å²) in [5.41, 5.74) is 0. The number of hydrogen-bond donors (Lipinski definition) is 2. The van der Waals surface area contributed by atoms with Crippen LogP contribution < -0.4 is 5.32 Å². The minimum Gasteiger partial charge on any atom is -0.478 e. The van der Waals surface area contributed by atoms with Crippen LogP contribution in [0, 0.1) is 5.92 Å². The smallest absolute Gasteiger partial charge is 0.328 e. The van der Waals surface area contributed by atoms with Crippen molar-refractivity contribution in [3.63, 3.8) is 0 Å². The molecule has 2 N–H and O–H groups in total. The van der Waals surface area contributed by atoms with Crippen molar-refractivity contribution >= 4 is 18.4 Å². The van der Waals surface area contributed by atoms with Gasteiger partial charge in [-0.15, -0.1) is 12.4 Å². The van der Waals surface area contributed by atoms with Crippen LogP contribution in [-0.4, -0.2) is 24.2 Å². The van der Waals surface area contributed by atoms with Crippen LogP contribution in [0.5, 0.6) is 0 Å². The van der Waals surface area contributed by atoms with E-state index in [9.17, 15) is 4.79 Å². The standard InChI is InChI=1S/C8H13NO2.ClH/c10-8(11)2-1-5-9-6-7-3-4-7;/h1-2,7,9H,3-6H2,(H,10,11);1H. The van der Waals surface area contributed by atoms with Gasteiger partial charge in [0.1, 0.15) is 0 Å². The van der Waals surface area contributed by atoms with E-state index in [-0.39, 0.29) is 12.4 Å². The van der Waals surface area contributed by atoms with Crippen molar-refractivity contribution < 1.29 is 9.90 Å². The van der Waals surface area contributed by atoms with Crippen molar-refractivity contribution in [3.05, 3.63) is 12.2 Å². The molecule has 0 saturated heterocycles. The van der Waals surface area contributed by atoms with Gasteiger partial charge < -0.3 is 10.4 Å². The predicted octanol–water partition coefficient (Wildman–Crippen LogP) is 1.05. The van der Waals surface area contributed by atoms with Crippen molar-refractivity contribution in [3.8, 4) is 0 Å². The molecule has 0 radical (unpaired) electrons. The number of rotatable bonds is 5. The SMILES string of the molecule is Cl.O=C(O)C=CCNCC1CC1. The van der Waals surface area contributed by atoms with Gasteiger partial charge in [-0.3, -0.25) is 0 Å². The van der Waals surface area contributed by atoms with E-state index >= 15 is 0 Å². The lowest BCUT2D eigenvalue weighted by Gasteiger charge is -1.96. The molecule has 3 nitrogen and oxygen atoms in total. The Morgan fingerprint density at radius 1 is 1.58 bits per heavy atom. The van der Waals surface area contributed by atoms with Crippen LogP contribution in [0.4, 0.5) is 0 Å². The van der Waals surface area contributed by atoms with E-state index in [1.807, 2.05) is 0 Å². The van der Waals surface area contributed by atoms with Crippen LogP contribution in [0.1, 0.15) is 12.8 Å². The summed E-state index contributed by atoms with van der Waals surface area (Å²) in [5.74, 6) is -0.0218. The first kappa shape index (κ1) is 11.5. The van der Waals surface area contributed by atoms with Gasteiger partial charge in [0.2, 0.25) is 0 Å². The molecule has 0 aromatic rings. The summed E-state index contributed by atoms with van der Waals surface area (Å²) in [5, 5.41) is 11.4. The number of hydrogen-bond acceptors (Lipinski definition) is 2. The summed E-state index contributed by atoms with van der Waals surface area (Å²) in [4.78, 5) is 9.99. The van der Waals surface area contributed by atoms with Crippen molar-refractivity contribution in [2.75, 3.05) is 13.1 Å². The molecule has 70 valence electrons. The molecule has 1 fully saturated rings. The monoisotopic (exact) mass is 191 g/mol. The molecule has 4 heteroatoms. The van der Waals surface area contributed by atoms with Crippen molar-refractivity contribution in [2.24, 2.45) is 5.92 Å². The molecule has 0 aromatic heterocycles. The maximum Gasteiger partial charge on any atom is 0.328 e. The minimum atomic E-state index is -0.877. The van der Waals surface area contributed by atoms with E-state index in [0.29, 0.717) is 6.54 Å². The topological polar surface area (TPSA) is 49.3 Å². The molecule has 0 amide bonds. The molecule has 1 saturated carbocycles. The van der Waals surface area contributed by atoms with E-state index in [1.54, 1.807) is 6.08 Å². The Morgan fingerprint density at radius 2 is 2.25 bits per heavy atom. The molecule has 1 aliphatic carbocycles. The van der Waals surface area contributed by atoms with E-state index in [4.69, 9.17) is 5.11 Å². The predicted molar refractivity (Wildman–Crippen MR) is 49.6 cm³/mol. The van der Waals surface area contributed by atoms with Gasteiger partial charge in [-0.25, -0.2) is 4.79 Å². The van der Waals surface area contributed by atoms with Gasteiger partial charge in [-0.05, 0) is 25.3 Å². The first-order chi connectivity index (χ1) is 5.29. The molecule has 12 heavy (non-hydrogen) atoms. The summed E-state index contributed by atoms with van der Waals surface area (Å²) in [7, 11) is 0. The largest absolute Gasteiger partial charge is 0.478 e. The molecule has 0 bridgehead atoms. The van der Waals surface area contributed by atoms with E-state index in [0.717, 1.165) is 12.5 Å². The lowest BCUT2D eigenvalue weighted by atomic mass is 10.4. The highest BCUT2D eigenvalue weighted by Gasteiger charge is 2.19. The Morgan fingerprint density at radius 3 is 2.75 bits per heavy atom. The number of carboxylic acid groups (broad SMARTS) is 1. The Bertz CT molecular complexity index is 166. The Kier molecular flexibility index (Phi) is 5.76. The van der Waals surface area contributed by atoms with Gasteiger partial charge in [0.25, 0.3) is 0 Å². The van der Waals surface area contributed by atoms with Crippen LogP contribution in [0.25, 0.3) is 0 Å². The lowest BCUT2D eigenvalue weighted by molar-refractivity contribution is -0.131. The number of halogens is 1. The maximum absolute atomic E-state index is 9.99. The molecule has 1 aliphatic rings. The van der Waals surface area contributed by atoms with Gasteiger partial charge >= 0.3 is 5.97 Å². The zero-order valence-electron chi connectivity index (χ0n) is 6.82. The number of carboxylic acids is 1. The fourth-order valence-electron chi connectivity index (χ4n) is 0.853. The first-order valence-electron chi connectivity index (χ1n) is 3.89. The zero-order valence-corrected chi connectivity index (χ0v) is 7.64. The summed E-state index contributed by atoms with van der Waals surface area (Å²) in [6.45, 7) is 1.70. The second-order valence-corrected chi connectivity index (χ2v) is 2.84. The van der Waals surface area contributed by atoms with Crippen LogP contribution >= 0.6 is 12.4 Å². The number of nitrogens with one attached hydrogen (secondary N) is 1. The third-order valence-corrected chi connectivity index (χ3v) is 1.65. The van der Waals surface area contributed by atoms with Crippen molar-refractivity contribution in [2.45, 2.75) is 12.8 Å². The maximum atomic E-state index is 9.99. The summed E-state index contributed by atoms with van der Waals surface area (Å²) < 4.78 is 0. The van der Waals surface area contributed by atoms with E-state index in [1.165, 1.54) is 18.9 Å².